The predicted molar refractivity (Wildman–Crippen MR) is 103 cm³/mol. The second-order valence-electron chi connectivity index (χ2n) is 6.56. The molecule has 0 atom stereocenters. The topological polar surface area (TPSA) is 64.2 Å². The van der Waals surface area contributed by atoms with E-state index in [0.717, 1.165) is 15.9 Å². The van der Waals surface area contributed by atoms with E-state index < -0.39 is 0 Å². The van der Waals surface area contributed by atoms with Crippen LogP contribution < -0.4 is 5.73 Å². The number of aromatic nitrogens is 2. The number of benzene rings is 1. The fraction of sp³-hybridized carbons (Fsp3) is 0.412. The molecule has 1 heterocycles. The lowest BCUT2D eigenvalue weighted by atomic mass is 9.93. The van der Waals surface area contributed by atoms with Gasteiger partial charge in [-0.25, -0.2) is 4.68 Å². The third kappa shape index (κ3) is 4.59. The molecule has 0 aliphatic rings. The van der Waals surface area contributed by atoms with Crippen molar-refractivity contribution in [3.05, 3.63) is 46.2 Å². The van der Waals surface area contributed by atoms with Crippen molar-refractivity contribution >= 4 is 34.2 Å². The summed E-state index contributed by atoms with van der Waals surface area (Å²) in [7, 11) is 1.80. The van der Waals surface area contributed by atoms with E-state index in [0.29, 0.717) is 18.7 Å². The molecular formula is C17H24BrClN4O. The second kappa shape index (κ2) is 8.14. The van der Waals surface area contributed by atoms with E-state index in [-0.39, 0.29) is 23.7 Å². The van der Waals surface area contributed by atoms with E-state index in [1.807, 2.05) is 31.2 Å². The van der Waals surface area contributed by atoms with Gasteiger partial charge in [0, 0.05) is 18.1 Å². The zero-order chi connectivity index (χ0) is 17.2. The number of nitrogens with two attached hydrogens (primary N) is 1. The van der Waals surface area contributed by atoms with Crippen molar-refractivity contribution in [3.8, 4) is 5.69 Å². The molecule has 0 fully saturated rings. The molecule has 5 nitrogen and oxygen atoms in total. The average Bonchev–Trinajstić information content (AvgIpc) is 2.88. The van der Waals surface area contributed by atoms with Crippen molar-refractivity contribution in [2.45, 2.75) is 20.8 Å². The van der Waals surface area contributed by atoms with Gasteiger partial charge in [0.05, 0.1) is 23.1 Å². The maximum atomic E-state index is 12.7. The Hall–Kier alpha value is -1.37. The fourth-order valence-electron chi connectivity index (χ4n) is 2.45. The van der Waals surface area contributed by atoms with Crippen LogP contribution in [0.3, 0.4) is 0 Å². The van der Waals surface area contributed by atoms with Crippen LogP contribution in [0.5, 0.6) is 0 Å². The Bertz CT molecular complexity index is 697. The lowest BCUT2D eigenvalue weighted by molar-refractivity contribution is 0.0740. The summed E-state index contributed by atoms with van der Waals surface area (Å²) in [5.74, 6) is -0.0348. The third-order valence-corrected chi connectivity index (χ3v) is 4.40. The molecule has 2 N–H and O–H groups in total. The van der Waals surface area contributed by atoms with Gasteiger partial charge in [-0.3, -0.25) is 4.79 Å². The van der Waals surface area contributed by atoms with Gasteiger partial charge in [-0.2, -0.15) is 5.10 Å². The summed E-state index contributed by atoms with van der Waals surface area (Å²) in [6, 6.07) is 7.82. The monoisotopic (exact) mass is 414 g/mol. The highest BCUT2D eigenvalue weighted by Crippen LogP contribution is 2.20. The number of rotatable bonds is 5. The summed E-state index contributed by atoms with van der Waals surface area (Å²) in [5.41, 5.74) is 8.01. The van der Waals surface area contributed by atoms with Gasteiger partial charge in [0.2, 0.25) is 0 Å². The molecule has 1 amide bonds. The van der Waals surface area contributed by atoms with E-state index in [1.165, 1.54) is 0 Å². The smallest absolute Gasteiger partial charge is 0.257 e. The van der Waals surface area contributed by atoms with Crippen LogP contribution in [-0.4, -0.2) is 40.7 Å². The van der Waals surface area contributed by atoms with E-state index in [9.17, 15) is 4.79 Å². The fourth-order valence-corrected chi connectivity index (χ4v) is 2.71. The van der Waals surface area contributed by atoms with Gasteiger partial charge in [0.25, 0.3) is 5.91 Å². The second-order valence-corrected chi connectivity index (χ2v) is 7.48. The lowest BCUT2D eigenvalue weighted by Crippen LogP contribution is -2.39. The molecule has 0 bridgehead atoms. The van der Waals surface area contributed by atoms with Crippen LogP contribution in [0.4, 0.5) is 0 Å². The molecule has 2 rings (SSSR count). The predicted octanol–water partition coefficient (Wildman–Crippen LogP) is 3.42. The highest BCUT2D eigenvalue weighted by atomic mass is 79.9. The largest absolute Gasteiger partial charge is 0.341 e. The Morgan fingerprint density at radius 3 is 2.46 bits per heavy atom. The minimum atomic E-state index is -0.111. The van der Waals surface area contributed by atoms with Crippen molar-refractivity contribution in [1.29, 1.82) is 0 Å². The number of carbonyl (C=O) groups excluding carboxylic acids is 1. The van der Waals surface area contributed by atoms with Gasteiger partial charge >= 0.3 is 0 Å². The molecule has 0 aliphatic heterocycles. The molecule has 0 radical (unpaired) electrons. The quantitative estimate of drug-likeness (QED) is 0.814. The molecule has 2 aromatic rings. The Morgan fingerprint density at radius 2 is 1.92 bits per heavy atom. The average molecular weight is 416 g/mol. The molecule has 0 saturated carbocycles. The van der Waals surface area contributed by atoms with Gasteiger partial charge in [-0.15, -0.1) is 12.4 Å². The molecule has 1 aromatic carbocycles. The first-order valence-corrected chi connectivity index (χ1v) is 8.30. The van der Waals surface area contributed by atoms with E-state index >= 15 is 0 Å². The molecule has 0 aliphatic carbocycles. The zero-order valence-electron chi connectivity index (χ0n) is 14.4. The van der Waals surface area contributed by atoms with Gasteiger partial charge in [0.1, 0.15) is 0 Å². The SMILES string of the molecule is Cc1c(C(=O)N(C)CC(C)(C)CN)cnn1-c1ccc(Br)cc1.Cl. The Balaban J connectivity index is 0.00000288. The highest BCUT2D eigenvalue weighted by Gasteiger charge is 2.24. The lowest BCUT2D eigenvalue weighted by Gasteiger charge is -2.29. The molecule has 1 aromatic heterocycles. The van der Waals surface area contributed by atoms with E-state index in [2.05, 4.69) is 34.9 Å². The molecule has 0 spiro atoms. The van der Waals surface area contributed by atoms with Crippen LogP contribution in [0.25, 0.3) is 5.69 Å². The van der Waals surface area contributed by atoms with E-state index in [1.54, 1.807) is 22.8 Å². The van der Waals surface area contributed by atoms with Crippen LogP contribution in [0.2, 0.25) is 0 Å². The van der Waals surface area contributed by atoms with Gasteiger partial charge in [-0.1, -0.05) is 29.8 Å². The summed E-state index contributed by atoms with van der Waals surface area (Å²) in [6.45, 7) is 7.14. The molecule has 132 valence electrons. The van der Waals surface area contributed by atoms with Gasteiger partial charge in [0.15, 0.2) is 0 Å². The van der Waals surface area contributed by atoms with Crippen LogP contribution in [0.15, 0.2) is 34.9 Å². The van der Waals surface area contributed by atoms with E-state index in [4.69, 9.17) is 5.73 Å². The zero-order valence-corrected chi connectivity index (χ0v) is 16.8. The summed E-state index contributed by atoms with van der Waals surface area (Å²) in [5, 5.41) is 4.36. The molecule has 0 unspecified atom stereocenters. The number of amides is 1. The number of hydrogen-bond donors (Lipinski definition) is 1. The summed E-state index contributed by atoms with van der Waals surface area (Å²) >= 11 is 3.42. The van der Waals surface area contributed by atoms with Crippen molar-refractivity contribution in [1.82, 2.24) is 14.7 Å². The van der Waals surface area contributed by atoms with Gasteiger partial charge < -0.3 is 10.6 Å². The number of carbonyl (C=O) groups is 1. The van der Waals surface area contributed by atoms with Crippen LogP contribution in [0, 0.1) is 12.3 Å². The van der Waals surface area contributed by atoms with Crippen molar-refractivity contribution in [3.63, 3.8) is 0 Å². The molecular weight excluding hydrogens is 392 g/mol. The Morgan fingerprint density at radius 1 is 1.33 bits per heavy atom. The van der Waals surface area contributed by atoms with Gasteiger partial charge in [-0.05, 0) is 43.1 Å². The van der Waals surface area contributed by atoms with Crippen molar-refractivity contribution in [2.24, 2.45) is 11.1 Å². The summed E-state index contributed by atoms with van der Waals surface area (Å²) < 4.78 is 2.79. The van der Waals surface area contributed by atoms with Crippen LogP contribution in [0.1, 0.15) is 29.9 Å². The first-order valence-electron chi connectivity index (χ1n) is 7.51. The Labute approximate surface area is 157 Å². The number of halogens is 2. The maximum absolute atomic E-state index is 12.7. The molecule has 24 heavy (non-hydrogen) atoms. The standard InChI is InChI=1S/C17H23BrN4O.ClH/c1-12-15(16(23)21(4)11-17(2,3)10-19)9-20-22(12)14-7-5-13(18)6-8-14;/h5-9H,10-11,19H2,1-4H3;1H. The van der Waals surface area contributed by atoms with Crippen LogP contribution >= 0.6 is 28.3 Å². The van der Waals surface area contributed by atoms with Crippen molar-refractivity contribution < 1.29 is 4.79 Å². The highest BCUT2D eigenvalue weighted by molar-refractivity contribution is 9.10. The molecule has 0 saturated heterocycles. The van der Waals surface area contributed by atoms with Crippen LogP contribution in [-0.2, 0) is 0 Å². The summed E-state index contributed by atoms with van der Waals surface area (Å²) in [6.07, 6.45) is 1.63. The molecule has 7 heteroatoms. The first kappa shape index (κ1) is 20.7. The Kier molecular flexibility index (Phi) is 7.01. The summed E-state index contributed by atoms with van der Waals surface area (Å²) in [4.78, 5) is 14.4. The normalized spacial score (nSPS) is 11.1. The van der Waals surface area contributed by atoms with Crippen molar-refractivity contribution in [2.75, 3.05) is 20.1 Å². The minimum absolute atomic E-state index is 0. The first-order chi connectivity index (χ1) is 10.7. The number of hydrogen-bond acceptors (Lipinski definition) is 3. The third-order valence-electron chi connectivity index (χ3n) is 3.88. The minimum Gasteiger partial charge on any atom is -0.341 e. The number of nitrogens with zero attached hydrogens (tertiary/aromatic N) is 3. The maximum Gasteiger partial charge on any atom is 0.257 e.